The second kappa shape index (κ2) is 7.42. The van der Waals surface area contributed by atoms with Crippen LogP contribution in [-0.2, 0) is 34.2 Å². The van der Waals surface area contributed by atoms with Crippen LogP contribution in [0.3, 0.4) is 0 Å². The first-order valence-corrected chi connectivity index (χ1v) is 12.8. The Labute approximate surface area is 187 Å². The maximum absolute atomic E-state index is 13.3. The fourth-order valence-corrected chi connectivity index (χ4v) is 6.94. The van der Waals surface area contributed by atoms with Gasteiger partial charge in [-0.05, 0) is 67.5 Å². The third kappa shape index (κ3) is 3.08. The molecule has 0 spiro atoms. The highest BCUT2D eigenvalue weighted by atomic mass is 32.2. The van der Waals surface area contributed by atoms with Gasteiger partial charge in [0, 0.05) is 32.1 Å². The highest BCUT2D eigenvalue weighted by molar-refractivity contribution is 7.89. The molecule has 8 heteroatoms. The van der Waals surface area contributed by atoms with Crippen LogP contribution in [0.2, 0.25) is 0 Å². The van der Waals surface area contributed by atoms with Crippen molar-refractivity contribution in [1.82, 2.24) is 13.9 Å². The summed E-state index contributed by atoms with van der Waals surface area (Å²) in [5.41, 5.74) is 4.38. The van der Waals surface area contributed by atoms with Crippen LogP contribution in [0.15, 0.2) is 47.4 Å². The quantitative estimate of drug-likeness (QED) is 0.615. The molecule has 32 heavy (non-hydrogen) atoms. The largest absolute Gasteiger partial charge is 0.308 e. The lowest BCUT2D eigenvalue weighted by atomic mass is 9.96. The first-order chi connectivity index (χ1) is 15.5. The number of anilines is 1. The first-order valence-electron chi connectivity index (χ1n) is 11.4. The molecule has 1 saturated heterocycles. The summed E-state index contributed by atoms with van der Waals surface area (Å²) < 4.78 is 30.0. The number of benzene rings is 2. The number of fused-ring (bicyclic) bond motifs is 4. The van der Waals surface area contributed by atoms with E-state index in [9.17, 15) is 13.2 Å². The number of rotatable bonds is 3. The molecular weight excluding hydrogens is 424 g/mol. The van der Waals surface area contributed by atoms with Crippen LogP contribution < -0.4 is 4.90 Å². The molecule has 3 aliphatic rings. The molecule has 0 N–H and O–H groups in total. The zero-order chi connectivity index (χ0) is 21.9. The Morgan fingerprint density at radius 1 is 0.938 bits per heavy atom. The molecule has 6 rings (SSSR count). The van der Waals surface area contributed by atoms with Crippen molar-refractivity contribution in [3.8, 4) is 0 Å². The molecule has 0 unspecified atom stereocenters. The van der Waals surface area contributed by atoms with E-state index in [4.69, 9.17) is 0 Å². The van der Waals surface area contributed by atoms with Gasteiger partial charge in [-0.2, -0.15) is 4.31 Å². The summed E-state index contributed by atoms with van der Waals surface area (Å²) in [6, 6.07) is 13.5. The lowest BCUT2D eigenvalue weighted by Gasteiger charge is -2.32. The minimum Gasteiger partial charge on any atom is -0.308 e. The minimum atomic E-state index is -3.53. The van der Waals surface area contributed by atoms with Crippen LogP contribution >= 0.6 is 0 Å². The summed E-state index contributed by atoms with van der Waals surface area (Å²) in [6.45, 7) is 2.12. The number of hydrogen-bond acceptors (Lipinski definition) is 4. The number of sulfonamides is 1. The molecule has 1 amide bonds. The van der Waals surface area contributed by atoms with Crippen molar-refractivity contribution in [3.05, 3.63) is 53.6 Å². The molecule has 1 fully saturated rings. The minimum absolute atomic E-state index is 0.0636. The summed E-state index contributed by atoms with van der Waals surface area (Å²) in [5, 5.41) is 0. The summed E-state index contributed by atoms with van der Waals surface area (Å²) in [6.07, 6.45) is 4.17. The van der Waals surface area contributed by atoms with Gasteiger partial charge >= 0.3 is 0 Å². The van der Waals surface area contributed by atoms with Gasteiger partial charge in [0.1, 0.15) is 0 Å². The van der Waals surface area contributed by atoms with E-state index in [2.05, 4.69) is 9.55 Å². The van der Waals surface area contributed by atoms with Gasteiger partial charge in [0.05, 0.1) is 15.9 Å². The van der Waals surface area contributed by atoms with Crippen LogP contribution in [0.5, 0.6) is 0 Å². The SMILES string of the molecule is O=C(C1CCN(S(=O)(=O)c2ccc3c(c2)CCC3)CC1)N1CCn2c1nc1ccccc12. The summed E-state index contributed by atoms with van der Waals surface area (Å²) in [4.78, 5) is 20.1. The molecule has 0 atom stereocenters. The van der Waals surface area contributed by atoms with Crippen LogP contribution in [0, 0.1) is 5.92 Å². The Bertz CT molecular complexity index is 1320. The molecule has 1 aromatic heterocycles. The van der Waals surface area contributed by atoms with Crippen molar-refractivity contribution in [3.63, 3.8) is 0 Å². The smallest absolute Gasteiger partial charge is 0.243 e. The van der Waals surface area contributed by atoms with Gasteiger partial charge in [-0.3, -0.25) is 9.69 Å². The number of hydrogen-bond donors (Lipinski definition) is 0. The Hall–Kier alpha value is -2.71. The molecule has 7 nitrogen and oxygen atoms in total. The van der Waals surface area contributed by atoms with Gasteiger partial charge in [0.15, 0.2) is 0 Å². The van der Waals surface area contributed by atoms with Crippen molar-refractivity contribution in [2.24, 2.45) is 5.92 Å². The molecule has 3 heterocycles. The van der Waals surface area contributed by atoms with Crippen LogP contribution in [0.25, 0.3) is 11.0 Å². The number of aryl methyl sites for hydroxylation is 2. The lowest BCUT2D eigenvalue weighted by Crippen LogP contribution is -2.44. The van der Waals surface area contributed by atoms with Crippen LogP contribution in [0.1, 0.15) is 30.4 Å². The maximum atomic E-state index is 13.3. The average Bonchev–Trinajstić information content (AvgIpc) is 3.53. The molecule has 0 saturated carbocycles. The summed E-state index contributed by atoms with van der Waals surface area (Å²) in [7, 11) is -3.53. The number of imidazole rings is 1. The van der Waals surface area contributed by atoms with Crippen molar-refractivity contribution in [2.45, 2.75) is 43.5 Å². The molecule has 3 aromatic rings. The Morgan fingerprint density at radius 3 is 2.56 bits per heavy atom. The van der Waals surface area contributed by atoms with Gasteiger partial charge in [0.25, 0.3) is 0 Å². The summed E-state index contributed by atoms with van der Waals surface area (Å²) in [5.74, 6) is 0.603. The van der Waals surface area contributed by atoms with E-state index in [1.165, 1.54) is 5.56 Å². The number of amides is 1. The standard InChI is InChI=1S/C24H26N4O3S/c29-23(28-15-14-27-22-7-2-1-6-21(22)25-24(27)28)18-10-12-26(13-11-18)32(30,31)20-9-8-17-4-3-5-19(17)16-20/h1-2,6-9,16,18H,3-5,10-15H2. The predicted octanol–water partition coefficient (Wildman–Crippen LogP) is 2.97. The van der Waals surface area contributed by atoms with Gasteiger partial charge in [0.2, 0.25) is 21.9 Å². The third-order valence-corrected chi connectivity index (χ3v) is 9.09. The molecule has 2 aliphatic heterocycles. The predicted molar refractivity (Wildman–Crippen MR) is 122 cm³/mol. The number of carbonyl (C=O) groups is 1. The third-order valence-electron chi connectivity index (χ3n) is 7.20. The average molecular weight is 451 g/mol. The monoisotopic (exact) mass is 450 g/mol. The number of aromatic nitrogens is 2. The van der Waals surface area contributed by atoms with Crippen molar-refractivity contribution in [2.75, 3.05) is 24.5 Å². The van der Waals surface area contributed by atoms with Crippen molar-refractivity contribution in [1.29, 1.82) is 0 Å². The normalized spacial score (nSPS) is 19.4. The van der Waals surface area contributed by atoms with Crippen LogP contribution in [-0.4, -0.2) is 47.8 Å². The number of piperidine rings is 1. The Morgan fingerprint density at radius 2 is 1.72 bits per heavy atom. The molecular formula is C24H26N4O3S. The maximum Gasteiger partial charge on any atom is 0.243 e. The first kappa shape index (κ1) is 19.9. The highest BCUT2D eigenvalue weighted by Crippen LogP contribution is 2.32. The van der Waals surface area contributed by atoms with Crippen molar-refractivity contribution >= 4 is 32.9 Å². The fourth-order valence-electron chi connectivity index (χ4n) is 5.42. The topological polar surface area (TPSA) is 75.5 Å². The zero-order valence-electron chi connectivity index (χ0n) is 17.9. The molecule has 0 bridgehead atoms. The number of nitrogens with zero attached hydrogens (tertiary/aromatic N) is 4. The van der Waals surface area contributed by atoms with Gasteiger partial charge in [-0.25, -0.2) is 13.4 Å². The molecule has 166 valence electrons. The van der Waals surface area contributed by atoms with Gasteiger partial charge < -0.3 is 4.57 Å². The van der Waals surface area contributed by atoms with E-state index in [1.54, 1.807) is 15.3 Å². The summed E-state index contributed by atoms with van der Waals surface area (Å²) >= 11 is 0. The van der Waals surface area contributed by atoms with Gasteiger partial charge in [-0.1, -0.05) is 18.2 Å². The second-order valence-corrected chi connectivity index (χ2v) is 10.9. The van der Waals surface area contributed by atoms with E-state index in [-0.39, 0.29) is 11.8 Å². The zero-order valence-corrected chi connectivity index (χ0v) is 18.7. The van der Waals surface area contributed by atoms with Gasteiger partial charge in [-0.15, -0.1) is 0 Å². The van der Waals surface area contributed by atoms with E-state index in [0.29, 0.717) is 43.3 Å². The molecule has 1 aliphatic carbocycles. The Balaban J connectivity index is 1.17. The molecule has 2 aromatic carbocycles. The van der Waals surface area contributed by atoms with E-state index in [1.807, 2.05) is 36.4 Å². The number of para-hydroxylation sites is 2. The van der Waals surface area contributed by atoms with E-state index in [0.717, 1.165) is 42.4 Å². The number of carbonyl (C=O) groups excluding carboxylic acids is 1. The molecule has 0 radical (unpaired) electrons. The second-order valence-electron chi connectivity index (χ2n) is 9.00. The van der Waals surface area contributed by atoms with E-state index < -0.39 is 10.0 Å². The Kier molecular flexibility index (Phi) is 4.62. The van der Waals surface area contributed by atoms with E-state index >= 15 is 0 Å². The van der Waals surface area contributed by atoms with Crippen LogP contribution in [0.4, 0.5) is 5.95 Å². The highest BCUT2D eigenvalue weighted by Gasteiger charge is 2.37. The van der Waals surface area contributed by atoms with Crippen molar-refractivity contribution < 1.29 is 13.2 Å². The lowest BCUT2D eigenvalue weighted by molar-refractivity contribution is -0.123. The fraction of sp³-hybridized carbons (Fsp3) is 0.417.